The Labute approximate surface area is 145 Å². The summed E-state index contributed by atoms with van der Waals surface area (Å²) in [6, 6.07) is 6.66. The van der Waals surface area contributed by atoms with Crippen molar-refractivity contribution in [1.82, 2.24) is 19.6 Å². The Hall–Kier alpha value is -2.16. The standard InChI is InChI=1S/C17H20N4O3S/c1-21(11-4-7-18-8-5-11)25(23,24)12-2-3-15-14(10-12)13-6-9-19-16(13)17(22)20-15/h2-3,6,9-11,18-19H,4-5,7-8H2,1H3,(H,20,22). The molecule has 3 aromatic rings. The third kappa shape index (κ3) is 2.66. The summed E-state index contributed by atoms with van der Waals surface area (Å²) >= 11 is 0. The summed E-state index contributed by atoms with van der Waals surface area (Å²) in [6.45, 7) is 1.65. The zero-order valence-corrected chi connectivity index (χ0v) is 14.7. The Bertz CT molecular complexity index is 1090. The fourth-order valence-electron chi connectivity index (χ4n) is 3.52. The Morgan fingerprint density at radius 3 is 2.64 bits per heavy atom. The minimum Gasteiger partial charge on any atom is -0.357 e. The number of rotatable bonds is 3. The minimum atomic E-state index is -3.59. The van der Waals surface area contributed by atoms with Gasteiger partial charge in [-0.05, 0) is 50.2 Å². The first-order chi connectivity index (χ1) is 12.0. The van der Waals surface area contributed by atoms with Gasteiger partial charge in [0.15, 0.2) is 0 Å². The van der Waals surface area contributed by atoms with Crippen LogP contribution in [0.15, 0.2) is 40.2 Å². The molecule has 8 heteroatoms. The highest BCUT2D eigenvalue weighted by Gasteiger charge is 2.29. The SMILES string of the molecule is CN(C1CCNCC1)S(=O)(=O)c1ccc2[nH]c(=O)c3[nH]ccc3c2c1. The van der Waals surface area contributed by atoms with Gasteiger partial charge in [-0.15, -0.1) is 0 Å². The highest BCUT2D eigenvalue weighted by Crippen LogP contribution is 2.26. The summed E-state index contributed by atoms with van der Waals surface area (Å²) in [5, 5.41) is 4.69. The summed E-state index contributed by atoms with van der Waals surface area (Å²) in [5.41, 5.74) is 0.865. The molecule has 1 saturated heterocycles. The van der Waals surface area contributed by atoms with E-state index in [0.29, 0.717) is 11.0 Å². The quantitative estimate of drug-likeness (QED) is 0.657. The summed E-state index contributed by atoms with van der Waals surface area (Å²) < 4.78 is 27.6. The van der Waals surface area contributed by atoms with Crippen molar-refractivity contribution < 1.29 is 8.42 Å². The molecule has 0 amide bonds. The summed E-state index contributed by atoms with van der Waals surface area (Å²) in [6.07, 6.45) is 3.29. The van der Waals surface area contributed by atoms with Gasteiger partial charge in [-0.25, -0.2) is 8.42 Å². The number of nitrogens with zero attached hydrogens (tertiary/aromatic N) is 1. The van der Waals surface area contributed by atoms with Gasteiger partial charge >= 0.3 is 0 Å². The van der Waals surface area contributed by atoms with Crippen LogP contribution in [0.1, 0.15) is 12.8 Å². The lowest BCUT2D eigenvalue weighted by atomic mass is 10.1. The zero-order valence-electron chi connectivity index (χ0n) is 13.9. The van der Waals surface area contributed by atoms with Crippen LogP contribution in [0.4, 0.5) is 0 Å². The van der Waals surface area contributed by atoms with E-state index < -0.39 is 10.0 Å². The maximum atomic E-state index is 13.0. The molecule has 0 atom stereocenters. The molecule has 0 bridgehead atoms. The monoisotopic (exact) mass is 360 g/mol. The van der Waals surface area contributed by atoms with E-state index in [4.69, 9.17) is 0 Å². The second kappa shape index (κ2) is 5.98. The number of aromatic amines is 2. The Morgan fingerprint density at radius 2 is 1.88 bits per heavy atom. The van der Waals surface area contributed by atoms with Gasteiger partial charge in [0.05, 0.1) is 4.90 Å². The maximum absolute atomic E-state index is 13.0. The molecule has 3 N–H and O–H groups in total. The number of benzene rings is 1. The van der Waals surface area contributed by atoms with E-state index in [9.17, 15) is 13.2 Å². The lowest BCUT2D eigenvalue weighted by Crippen LogP contribution is -2.43. The predicted molar refractivity (Wildman–Crippen MR) is 97.3 cm³/mol. The number of piperidine rings is 1. The van der Waals surface area contributed by atoms with Crippen molar-refractivity contribution in [1.29, 1.82) is 0 Å². The molecule has 1 aliphatic rings. The second-order valence-electron chi connectivity index (χ2n) is 6.43. The first kappa shape index (κ1) is 16.3. The van der Waals surface area contributed by atoms with Gasteiger partial charge in [-0.2, -0.15) is 4.31 Å². The predicted octanol–water partition coefficient (Wildman–Crippen LogP) is 1.38. The zero-order chi connectivity index (χ0) is 17.6. The van der Waals surface area contributed by atoms with Crippen molar-refractivity contribution in [3.05, 3.63) is 40.8 Å². The van der Waals surface area contributed by atoms with Crippen LogP contribution in [-0.2, 0) is 10.0 Å². The van der Waals surface area contributed by atoms with Gasteiger partial charge in [0.1, 0.15) is 5.52 Å². The highest BCUT2D eigenvalue weighted by atomic mass is 32.2. The molecule has 2 aromatic heterocycles. The average molecular weight is 360 g/mol. The van der Waals surface area contributed by atoms with Crippen LogP contribution >= 0.6 is 0 Å². The number of pyridine rings is 1. The van der Waals surface area contributed by atoms with E-state index in [1.165, 1.54) is 4.31 Å². The van der Waals surface area contributed by atoms with E-state index in [1.807, 2.05) is 0 Å². The molecular weight excluding hydrogens is 340 g/mol. The van der Waals surface area contributed by atoms with Gasteiger partial charge in [0.2, 0.25) is 10.0 Å². The molecule has 7 nitrogen and oxygen atoms in total. The van der Waals surface area contributed by atoms with Gasteiger partial charge in [-0.3, -0.25) is 4.79 Å². The van der Waals surface area contributed by atoms with Crippen LogP contribution in [0.25, 0.3) is 21.8 Å². The van der Waals surface area contributed by atoms with E-state index in [-0.39, 0.29) is 16.5 Å². The normalized spacial score (nSPS) is 16.9. The maximum Gasteiger partial charge on any atom is 0.272 e. The Balaban J connectivity index is 1.83. The van der Waals surface area contributed by atoms with E-state index in [2.05, 4.69) is 15.3 Å². The van der Waals surface area contributed by atoms with Crippen LogP contribution in [0, 0.1) is 0 Å². The number of aromatic nitrogens is 2. The van der Waals surface area contributed by atoms with Crippen LogP contribution in [0.5, 0.6) is 0 Å². The number of sulfonamides is 1. The van der Waals surface area contributed by atoms with E-state index in [1.54, 1.807) is 37.5 Å². The largest absolute Gasteiger partial charge is 0.357 e. The molecule has 25 heavy (non-hydrogen) atoms. The van der Waals surface area contributed by atoms with Crippen molar-refractivity contribution in [3.63, 3.8) is 0 Å². The lowest BCUT2D eigenvalue weighted by molar-refractivity contribution is 0.296. The summed E-state index contributed by atoms with van der Waals surface area (Å²) in [5.74, 6) is 0. The molecule has 1 aliphatic heterocycles. The van der Waals surface area contributed by atoms with Crippen LogP contribution < -0.4 is 10.9 Å². The second-order valence-corrected chi connectivity index (χ2v) is 8.43. The number of nitrogens with one attached hydrogen (secondary N) is 3. The van der Waals surface area contributed by atoms with Crippen molar-refractivity contribution >= 4 is 31.8 Å². The van der Waals surface area contributed by atoms with Crippen molar-refractivity contribution in [3.8, 4) is 0 Å². The van der Waals surface area contributed by atoms with Crippen LogP contribution in [0.2, 0.25) is 0 Å². The van der Waals surface area contributed by atoms with Gasteiger partial charge in [-0.1, -0.05) is 0 Å². The summed E-state index contributed by atoms with van der Waals surface area (Å²) in [4.78, 5) is 18.0. The van der Waals surface area contributed by atoms with Gasteiger partial charge in [0, 0.05) is 35.6 Å². The molecule has 132 valence electrons. The molecule has 0 spiro atoms. The molecule has 0 aliphatic carbocycles. The average Bonchev–Trinajstić information content (AvgIpc) is 3.12. The van der Waals surface area contributed by atoms with Gasteiger partial charge < -0.3 is 15.3 Å². The van der Waals surface area contributed by atoms with E-state index in [0.717, 1.165) is 36.7 Å². The van der Waals surface area contributed by atoms with Gasteiger partial charge in [0.25, 0.3) is 5.56 Å². The molecule has 1 fully saturated rings. The minimum absolute atomic E-state index is 0.00445. The number of hydrogen-bond acceptors (Lipinski definition) is 4. The van der Waals surface area contributed by atoms with Crippen molar-refractivity contribution in [2.45, 2.75) is 23.8 Å². The Kier molecular flexibility index (Phi) is 3.90. The molecule has 0 saturated carbocycles. The third-order valence-electron chi connectivity index (χ3n) is 5.00. The molecule has 0 unspecified atom stereocenters. The number of H-pyrrole nitrogens is 2. The highest BCUT2D eigenvalue weighted by molar-refractivity contribution is 7.89. The van der Waals surface area contributed by atoms with Crippen molar-refractivity contribution in [2.75, 3.05) is 20.1 Å². The first-order valence-corrected chi connectivity index (χ1v) is 9.74. The first-order valence-electron chi connectivity index (χ1n) is 8.30. The smallest absolute Gasteiger partial charge is 0.272 e. The summed E-state index contributed by atoms with van der Waals surface area (Å²) in [7, 11) is -1.94. The number of fused-ring (bicyclic) bond motifs is 3. The van der Waals surface area contributed by atoms with Crippen LogP contribution in [0.3, 0.4) is 0 Å². The topological polar surface area (TPSA) is 98.1 Å². The Morgan fingerprint density at radius 1 is 1.12 bits per heavy atom. The van der Waals surface area contributed by atoms with E-state index >= 15 is 0 Å². The molecule has 4 rings (SSSR count). The fraction of sp³-hybridized carbons (Fsp3) is 0.353. The fourth-order valence-corrected chi connectivity index (χ4v) is 4.96. The molecule has 1 aromatic carbocycles. The molecule has 3 heterocycles. The third-order valence-corrected chi connectivity index (χ3v) is 6.91. The lowest BCUT2D eigenvalue weighted by Gasteiger charge is -2.30. The van der Waals surface area contributed by atoms with Crippen LogP contribution in [-0.4, -0.2) is 48.9 Å². The number of hydrogen-bond donors (Lipinski definition) is 3. The molecule has 0 radical (unpaired) electrons. The molecular formula is C17H20N4O3S. The van der Waals surface area contributed by atoms with Crippen molar-refractivity contribution in [2.24, 2.45) is 0 Å².